The SMILES string of the molecule is CCCCCCC(C)Oc1ccc(C(=O)Oc2cc(C(=O)O)ccc2-c2ccccc2)cc1. The molecule has 1 atom stereocenters. The molecule has 0 amide bonds. The first kappa shape index (κ1) is 24.1. The maximum Gasteiger partial charge on any atom is 0.343 e. The van der Waals surface area contributed by atoms with Gasteiger partial charge in [-0.15, -0.1) is 0 Å². The largest absolute Gasteiger partial charge is 0.491 e. The fourth-order valence-electron chi connectivity index (χ4n) is 3.57. The van der Waals surface area contributed by atoms with Crippen LogP contribution in [0.2, 0.25) is 0 Å². The third kappa shape index (κ3) is 6.94. The van der Waals surface area contributed by atoms with E-state index in [4.69, 9.17) is 9.47 Å². The molecule has 0 aromatic heterocycles. The summed E-state index contributed by atoms with van der Waals surface area (Å²) < 4.78 is 11.6. The number of carbonyl (C=O) groups is 2. The van der Waals surface area contributed by atoms with E-state index in [0.717, 1.165) is 18.4 Å². The topological polar surface area (TPSA) is 72.8 Å². The fourth-order valence-corrected chi connectivity index (χ4v) is 3.57. The van der Waals surface area contributed by atoms with Gasteiger partial charge in [-0.25, -0.2) is 9.59 Å². The molecule has 0 radical (unpaired) electrons. The van der Waals surface area contributed by atoms with Crippen LogP contribution >= 0.6 is 0 Å². The quantitative estimate of drug-likeness (QED) is 0.195. The molecule has 3 aromatic rings. The van der Waals surface area contributed by atoms with Gasteiger partial charge in [0.05, 0.1) is 17.2 Å². The lowest BCUT2D eigenvalue weighted by Crippen LogP contribution is -2.12. The van der Waals surface area contributed by atoms with E-state index < -0.39 is 11.9 Å². The van der Waals surface area contributed by atoms with E-state index in [1.165, 1.54) is 31.4 Å². The molecule has 0 saturated heterocycles. The summed E-state index contributed by atoms with van der Waals surface area (Å²) in [6, 6.07) is 20.7. The summed E-state index contributed by atoms with van der Waals surface area (Å²) >= 11 is 0. The highest BCUT2D eigenvalue weighted by Gasteiger charge is 2.16. The van der Waals surface area contributed by atoms with Gasteiger partial charge in [0, 0.05) is 5.56 Å². The summed E-state index contributed by atoms with van der Waals surface area (Å²) in [6.07, 6.45) is 5.89. The summed E-state index contributed by atoms with van der Waals surface area (Å²) in [6.45, 7) is 4.24. The molecule has 0 saturated carbocycles. The van der Waals surface area contributed by atoms with Crippen LogP contribution in [0.1, 0.15) is 66.7 Å². The van der Waals surface area contributed by atoms with Crippen molar-refractivity contribution in [3.63, 3.8) is 0 Å². The number of aromatic carboxylic acids is 1. The Morgan fingerprint density at radius 2 is 1.58 bits per heavy atom. The molecule has 1 N–H and O–H groups in total. The van der Waals surface area contributed by atoms with Crippen LogP contribution in [0, 0.1) is 0 Å². The van der Waals surface area contributed by atoms with E-state index in [0.29, 0.717) is 16.9 Å². The predicted octanol–water partition coefficient (Wildman–Crippen LogP) is 7.01. The second-order valence-electron chi connectivity index (χ2n) is 8.07. The highest BCUT2D eigenvalue weighted by atomic mass is 16.5. The van der Waals surface area contributed by atoms with E-state index >= 15 is 0 Å². The van der Waals surface area contributed by atoms with Crippen molar-refractivity contribution < 1.29 is 24.2 Å². The molecule has 3 rings (SSSR count). The van der Waals surface area contributed by atoms with Crippen LogP contribution in [0.25, 0.3) is 11.1 Å². The average molecular weight is 447 g/mol. The van der Waals surface area contributed by atoms with E-state index in [2.05, 4.69) is 13.8 Å². The number of carbonyl (C=O) groups excluding carboxylic acids is 1. The standard InChI is InChI=1S/C28H30O5/c1-3-4-5-7-10-20(2)32-24-16-13-22(14-17-24)28(31)33-26-19-23(27(29)30)15-18-25(26)21-11-8-6-9-12-21/h6,8-9,11-20H,3-5,7,10H2,1-2H3,(H,29,30). The number of carboxylic acid groups (broad SMARTS) is 1. The minimum absolute atomic E-state index is 0.0501. The van der Waals surface area contributed by atoms with Gasteiger partial charge in [0.2, 0.25) is 0 Å². The maximum absolute atomic E-state index is 12.8. The number of carboxylic acids is 1. The van der Waals surface area contributed by atoms with E-state index in [-0.39, 0.29) is 17.4 Å². The zero-order valence-electron chi connectivity index (χ0n) is 19.1. The summed E-state index contributed by atoms with van der Waals surface area (Å²) in [5.41, 5.74) is 1.88. The Labute approximate surface area is 195 Å². The van der Waals surface area contributed by atoms with Crippen molar-refractivity contribution in [2.45, 2.75) is 52.1 Å². The Morgan fingerprint density at radius 1 is 0.879 bits per heavy atom. The molecule has 0 bridgehead atoms. The minimum atomic E-state index is -1.09. The first-order valence-electron chi connectivity index (χ1n) is 11.4. The molecule has 0 aliphatic carbocycles. The highest BCUT2D eigenvalue weighted by molar-refractivity contribution is 5.94. The lowest BCUT2D eigenvalue weighted by molar-refractivity contribution is 0.0687. The summed E-state index contributed by atoms with van der Waals surface area (Å²) in [7, 11) is 0. The van der Waals surface area contributed by atoms with Gasteiger partial charge in [0.15, 0.2) is 0 Å². The molecule has 0 aliphatic heterocycles. The number of benzene rings is 3. The van der Waals surface area contributed by atoms with Crippen LogP contribution in [-0.2, 0) is 0 Å². The van der Waals surface area contributed by atoms with Gasteiger partial charge in [-0.1, -0.05) is 56.5 Å². The third-order valence-corrected chi connectivity index (χ3v) is 5.41. The Balaban J connectivity index is 1.71. The van der Waals surface area contributed by atoms with E-state index in [1.807, 2.05) is 30.3 Å². The normalized spacial score (nSPS) is 11.6. The molecular weight excluding hydrogens is 416 g/mol. The highest BCUT2D eigenvalue weighted by Crippen LogP contribution is 2.32. The van der Waals surface area contributed by atoms with Crippen LogP contribution in [0.15, 0.2) is 72.8 Å². The first-order valence-corrected chi connectivity index (χ1v) is 11.4. The molecule has 0 heterocycles. The summed E-state index contributed by atoms with van der Waals surface area (Å²) in [4.78, 5) is 24.2. The van der Waals surface area contributed by atoms with Gasteiger partial charge in [0.1, 0.15) is 11.5 Å². The van der Waals surface area contributed by atoms with Crippen LogP contribution in [0.5, 0.6) is 11.5 Å². The number of unbranched alkanes of at least 4 members (excludes halogenated alkanes) is 3. The van der Waals surface area contributed by atoms with Crippen molar-refractivity contribution in [1.82, 2.24) is 0 Å². The predicted molar refractivity (Wildman–Crippen MR) is 129 cm³/mol. The van der Waals surface area contributed by atoms with Crippen molar-refractivity contribution in [2.24, 2.45) is 0 Å². The lowest BCUT2D eigenvalue weighted by Gasteiger charge is -2.15. The maximum atomic E-state index is 12.8. The molecular formula is C28H30O5. The van der Waals surface area contributed by atoms with E-state index in [9.17, 15) is 14.7 Å². The number of ether oxygens (including phenoxy) is 2. The molecule has 3 aromatic carbocycles. The number of hydrogen-bond acceptors (Lipinski definition) is 4. The molecule has 33 heavy (non-hydrogen) atoms. The van der Waals surface area contributed by atoms with Crippen molar-refractivity contribution in [1.29, 1.82) is 0 Å². The molecule has 0 aliphatic rings. The molecule has 5 nitrogen and oxygen atoms in total. The monoisotopic (exact) mass is 446 g/mol. The first-order chi connectivity index (χ1) is 16.0. The van der Waals surface area contributed by atoms with Crippen molar-refractivity contribution in [2.75, 3.05) is 0 Å². The van der Waals surface area contributed by atoms with Gasteiger partial charge in [0.25, 0.3) is 0 Å². The van der Waals surface area contributed by atoms with Gasteiger partial charge in [-0.3, -0.25) is 0 Å². The smallest absolute Gasteiger partial charge is 0.343 e. The zero-order valence-corrected chi connectivity index (χ0v) is 19.1. The Morgan fingerprint density at radius 3 is 2.24 bits per heavy atom. The summed E-state index contributed by atoms with van der Waals surface area (Å²) in [5, 5.41) is 9.35. The van der Waals surface area contributed by atoms with Crippen molar-refractivity contribution in [3.8, 4) is 22.6 Å². The van der Waals surface area contributed by atoms with Crippen LogP contribution in [0.4, 0.5) is 0 Å². The minimum Gasteiger partial charge on any atom is -0.491 e. The number of rotatable bonds is 11. The van der Waals surface area contributed by atoms with Crippen LogP contribution < -0.4 is 9.47 Å². The van der Waals surface area contributed by atoms with Gasteiger partial charge in [-0.2, -0.15) is 0 Å². The van der Waals surface area contributed by atoms with E-state index in [1.54, 1.807) is 30.3 Å². The number of esters is 1. The molecule has 1 unspecified atom stereocenters. The van der Waals surface area contributed by atoms with Crippen molar-refractivity contribution >= 4 is 11.9 Å². The molecule has 172 valence electrons. The van der Waals surface area contributed by atoms with Crippen molar-refractivity contribution in [3.05, 3.63) is 83.9 Å². The number of hydrogen-bond donors (Lipinski definition) is 1. The third-order valence-electron chi connectivity index (χ3n) is 5.41. The lowest BCUT2D eigenvalue weighted by atomic mass is 10.0. The van der Waals surface area contributed by atoms with Gasteiger partial charge < -0.3 is 14.6 Å². The molecule has 5 heteroatoms. The Bertz CT molecular complexity index is 1060. The second-order valence-corrected chi connectivity index (χ2v) is 8.07. The van der Waals surface area contributed by atoms with Gasteiger partial charge >= 0.3 is 11.9 Å². The van der Waals surface area contributed by atoms with Crippen LogP contribution in [-0.4, -0.2) is 23.1 Å². The average Bonchev–Trinajstić information content (AvgIpc) is 2.82. The Hall–Kier alpha value is -3.60. The van der Waals surface area contributed by atoms with Gasteiger partial charge in [-0.05, 0) is 67.8 Å². The molecule has 0 fully saturated rings. The summed E-state index contributed by atoms with van der Waals surface area (Å²) in [5.74, 6) is -0.745. The molecule has 0 spiro atoms. The fraction of sp³-hybridized carbons (Fsp3) is 0.286. The zero-order chi connectivity index (χ0) is 23.6. The van der Waals surface area contributed by atoms with Crippen LogP contribution in [0.3, 0.4) is 0 Å². The Kier molecular flexibility index (Phi) is 8.64. The second kappa shape index (κ2) is 11.9.